The van der Waals surface area contributed by atoms with Crippen LogP contribution in [-0.2, 0) is 17.4 Å². The summed E-state index contributed by atoms with van der Waals surface area (Å²) in [5.41, 5.74) is 1.21. The van der Waals surface area contributed by atoms with Gasteiger partial charge in [0.05, 0.1) is 0 Å². The number of nitrogens with one attached hydrogen (secondary N) is 1. The average Bonchev–Trinajstić information content (AvgIpc) is 2.54. The van der Waals surface area contributed by atoms with Crippen LogP contribution in [0.15, 0.2) is 42.6 Å². The van der Waals surface area contributed by atoms with Crippen LogP contribution in [0.5, 0.6) is 5.75 Å². The Bertz CT molecular complexity index is 702. The van der Waals surface area contributed by atoms with Crippen LogP contribution in [0, 0.1) is 6.92 Å². The molecule has 0 atom stereocenters. The fourth-order valence-electron chi connectivity index (χ4n) is 2.08. The zero-order chi connectivity index (χ0) is 17.6. The van der Waals surface area contributed by atoms with Crippen molar-refractivity contribution in [2.24, 2.45) is 0 Å². The van der Waals surface area contributed by atoms with Crippen LogP contribution < -0.4 is 10.1 Å². The summed E-state index contributed by atoms with van der Waals surface area (Å²) >= 11 is 0. The Morgan fingerprint density at radius 1 is 1.25 bits per heavy atom. The second-order valence-corrected chi connectivity index (χ2v) is 5.19. The fraction of sp³-hybridized carbons (Fsp3) is 0.294. The average molecular weight is 338 g/mol. The van der Waals surface area contributed by atoms with Crippen molar-refractivity contribution in [2.45, 2.75) is 19.5 Å². The largest absolute Gasteiger partial charge is 0.484 e. The lowest BCUT2D eigenvalue weighted by Crippen LogP contribution is -2.30. The van der Waals surface area contributed by atoms with E-state index in [4.69, 9.17) is 4.74 Å². The van der Waals surface area contributed by atoms with Crippen molar-refractivity contribution >= 4 is 5.91 Å². The lowest BCUT2D eigenvalue weighted by Gasteiger charge is -2.10. The van der Waals surface area contributed by atoms with E-state index >= 15 is 0 Å². The molecule has 1 amide bonds. The number of hydrogen-bond acceptors (Lipinski definition) is 3. The normalized spacial score (nSPS) is 11.2. The Hall–Kier alpha value is -2.57. The molecule has 0 aliphatic carbocycles. The highest BCUT2D eigenvalue weighted by Crippen LogP contribution is 2.29. The highest BCUT2D eigenvalue weighted by molar-refractivity contribution is 5.77. The van der Waals surface area contributed by atoms with Crippen molar-refractivity contribution in [3.05, 3.63) is 59.4 Å². The molecule has 0 saturated carbocycles. The SMILES string of the molecule is Cc1ccccc1CCNC(=O)COc1ccnc(C(F)(F)F)c1. The highest BCUT2D eigenvalue weighted by atomic mass is 19.4. The molecule has 0 aliphatic heterocycles. The summed E-state index contributed by atoms with van der Waals surface area (Å²) in [4.78, 5) is 14.9. The Morgan fingerprint density at radius 3 is 2.71 bits per heavy atom. The molecule has 1 aromatic carbocycles. The fourth-order valence-corrected chi connectivity index (χ4v) is 2.08. The van der Waals surface area contributed by atoms with Gasteiger partial charge in [-0.25, -0.2) is 0 Å². The number of carbonyl (C=O) groups excluding carboxylic acids is 1. The topological polar surface area (TPSA) is 51.2 Å². The summed E-state index contributed by atoms with van der Waals surface area (Å²) in [5.74, 6) is -0.444. The number of carbonyl (C=O) groups is 1. The van der Waals surface area contributed by atoms with E-state index in [-0.39, 0.29) is 12.4 Å². The van der Waals surface area contributed by atoms with Gasteiger partial charge in [-0.2, -0.15) is 13.2 Å². The Balaban J connectivity index is 1.78. The van der Waals surface area contributed by atoms with Crippen molar-refractivity contribution in [3.8, 4) is 5.75 Å². The highest BCUT2D eigenvalue weighted by Gasteiger charge is 2.32. The van der Waals surface area contributed by atoms with Gasteiger partial charge < -0.3 is 10.1 Å². The maximum Gasteiger partial charge on any atom is 0.433 e. The summed E-state index contributed by atoms with van der Waals surface area (Å²) in [6.45, 7) is 2.06. The van der Waals surface area contributed by atoms with Gasteiger partial charge in [-0.3, -0.25) is 9.78 Å². The second kappa shape index (κ2) is 7.81. The van der Waals surface area contributed by atoms with Gasteiger partial charge in [0, 0.05) is 18.8 Å². The summed E-state index contributed by atoms with van der Waals surface area (Å²) in [5, 5.41) is 2.67. The van der Waals surface area contributed by atoms with Crippen molar-refractivity contribution in [1.29, 1.82) is 0 Å². The van der Waals surface area contributed by atoms with Crippen molar-refractivity contribution in [1.82, 2.24) is 10.3 Å². The van der Waals surface area contributed by atoms with E-state index in [1.807, 2.05) is 31.2 Å². The van der Waals surface area contributed by atoms with Gasteiger partial charge in [0.25, 0.3) is 5.91 Å². The summed E-state index contributed by atoms with van der Waals surface area (Å²) in [7, 11) is 0. The summed E-state index contributed by atoms with van der Waals surface area (Å²) in [6.07, 6.45) is -2.88. The number of halogens is 3. The second-order valence-electron chi connectivity index (χ2n) is 5.19. The van der Waals surface area contributed by atoms with Crippen LogP contribution in [0.25, 0.3) is 0 Å². The van der Waals surface area contributed by atoms with Gasteiger partial charge in [-0.05, 0) is 30.5 Å². The number of aromatic nitrogens is 1. The zero-order valence-corrected chi connectivity index (χ0v) is 13.1. The van der Waals surface area contributed by atoms with Gasteiger partial charge in [-0.1, -0.05) is 24.3 Å². The van der Waals surface area contributed by atoms with E-state index in [0.717, 1.165) is 23.4 Å². The minimum absolute atomic E-state index is 0.0496. The Morgan fingerprint density at radius 2 is 2.00 bits per heavy atom. The molecule has 7 heteroatoms. The third-order valence-electron chi connectivity index (χ3n) is 3.37. The minimum atomic E-state index is -4.55. The minimum Gasteiger partial charge on any atom is -0.484 e. The van der Waals surface area contributed by atoms with Gasteiger partial charge >= 0.3 is 6.18 Å². The number of aryl methyl sites for hydroxylation is 1. The van der Waals surface area contributed by atoms with Gasteiger partial charge in [-0.15, -0.1) is 0 Å². The quantitative estimate of drug-likeness (QED) is 0.880. The maximum absolute atomic E-state index is 12.5. The Kier molecular flexibility index (Phi) is 5.78. The van der Waals surface area contributed by atoms with E-state index in [9.17, 15) is 18.0 Å². The van der Waals surface area contributed by atoms with Crippen LogP contribution in [0.2, 0.25) is 0 Å². The lowest BCUT2D eigenvalue weighted by molar-refractivity contribution is -0.141. The molecule has 2 aromatic rings. The number of alkyl halides is 3. The monoisotopic (exact) mass is 338 g/mol. The molecule has 1 heterocycles. The van der Waals surface area contributed by atoms with Crippen molar-refractivity contribution < 1.29 is 22.7 Å². The first-order valence-corrected chi connectivity index (χ1v) is 7.33. The number of benzene rings is 1. The lowest BCUT2D eigenvalue weighted by atomic mass is 10.1. The number of ether oxygens (including phenoxy) is 1. The molecule has 0 bridgehead atoms. The summed E-state index contributed by atoms with van der Waals surface area (Å²) in [6, 6.07) is 9.87. The number of nitrogens with zero attached hydrogens (tertiary/aromatic N) is 1. The van der Waals surface area contributed by atoms with Crippen molar-refractivity contribution in [3.63, 3.8) is 0 Å². The number of hydrogen-bond donors (Lipinski definition) is 1. The number of pyridine rings is 1. The van der Waals surface area contributed by atoms with Crippen molar-refractivity contribution in [2.75, 3.05) is 13.2 Å². The molecule has 4 nitrogen and oxygen atoms in total. The first kappa shape index (κ1) is 17.8. The maximum atomic E-state index is 12.5. The number of rotatable bonds is 6. The third-order valence-corrected chi connectivity index (χ3v) is 3.37. The third kappa shape index (κ3) is 5.26. The predicted octanol–water partition coefficient (Wildman–Crippen LogP) is 3.15. The molecule has 2 rings (SSSR count). The van der Waals surface area contributed by atoms with E-state index in [1.54, 1.807) is 0 Å². The molecule has 0 spiro atoms. The van der Waals surface area contributed by atoms with Crippen LogP contribution in [-0.4, -0.2) is 24.0 Å². The molecular weight excluding hydrogens is 321 g/mol. The predicted molar refractivity (Wildman–Crippen MR) is 82.6 cm³/mol. The molecule has 1 N–H and O–H groups in total. The molecule has 0 saturated heterocycles. The molecular formula is C17H17F3N2O2. The molecule has 1 aromatic heterocycles. The molecule has 0 unspecified atom stereocenters. The standard InChI is InChI=1S/C17H17F3N2O2/c1-12-4-2-3-5-13(12)6-8-22-16(23)11-24-14-7-9-21-15(10-14)17(18,19)20/h2-5,7,9-10H,6,8,11H2,1H3,(H,22,23). The first-order chi connectivity index (χ1) is 11.4. The summed E-state index contributed by atoms with van der Waals surface area (Å²) < 4.78 is 42.7. The first-order valence-electron chi connectivity index (χ1n) is 7.33. The van der Waals surface area contributed by atoms with Crippen LogP contribution in [0.3, 0.4) is 0 Å². The zero-order valence-electron chi connectivity index (χ0n) is 13.1. The van der Waals surface area contributed by atoms with Crippen LogP contribution in [0.4, 0.5) is 13.2 Å². The van der Waals surface area contributed by atoms with E-state index < -0.39 is 17.8 Å². The molecule has 0 radical (unpaired) electrons. The Labute approximate surface area is 137 Å². The van der Waals surface area contributed by atoms with Gasteiger partial charge in [0.15, 0.2) is 6.61 Å². The molecule has 24 heavy (non-hydrogen) atoms. The molecule has 128 valence electrons. The van der Waals surface area contributed by atoms with Crippen LogP contribution >= 0.6 is 0 Å². The van der Waals surface area contributed by atoms with Gasteiger partial charge in [0.1, 0.15) is 11.4 Å². The molecule has 0 fully saturated rings. The smallest absolute Gasteiger partial charge is 0.433 e. The van der Waals surface area contributed by atoms with E-state index in [2.05, 4.69) is 10.3 Å². The van der Waals surface area contributed by atoms with Gasteiger partial charge in [0.2, 0.25) is 0 Å². The van der Waals surface area contributed by atoms with Crippen LogP contribution in [0.1, 0.15) is 16.8 Å². The number of amides is 1. The molecule has 0 aliphatic rings. The van der Waals surface area contributed by atoms with E-state index in [0.29, 0.717) is 13.0 Å². The van der Waals surface area contributed by atoms with E-state index in [1.165, 1.54) is 6.07 Å².